The van der Waals surface area contributed by atoms with E-state index in [1.807, 2.05) is 18.2 Å². The highest BCUT2D eigenvalue weighted by Gasteiger charge is 2.25. The minimum absolute atomic E-state index is 0.203. The van der Waals surface area contributed by atoms with E-state index in [2.05, 4.69) is 63.0 Å². The maximum absolute atomic E-state index is 12.2. The molecular weight excluding hydrogens is 404 g/mol. The van der Waals surface area contributed by atoms with Gasteiger partial charge in [0.1, 0.15) is 0 Å². The monoisotopic (exact) mass is 418 g/mol. The van der Waals surface area contributed by atoms with Gasteiger partial charge in [-0.2, -0.15) is 0 Å². The summed E-state index contributed by atoms with van der Waals surface area (Å²) in [6, 6.07) is 14.5. The van der Waals surface area contributed by atoms with Crippen LogP contribution in [0.4, 0.5) is 0 Å². The third kappa shape index (κ3) is 3.26. The van der Waals surface area contributed by atoms with E-state index in [0.29, 0.717) is 6.42 Å². The Bertz CT molecular complexity index is 762. The number of hydrogen-bond acceptors (Lipinski definition) is 1. The average molecular weight is 420 g/mol. The van der Waals surface area contributed by atoms with Crippen LogP contribution in [-0.4, -0.2) is 5.78 Å². The summed E-state index contributed by atoms with van der Waals surface area (Å²) in [6.45, 7) is 2.08. The highest BCUT2D eigenvalue weighted by atomic mass is 79.9. The second-order valence-electron chi connectivity index (χ2n) is 5.75. The van der Waals surface area contributed by atoms with E-state index in [1.54, 1.807) is 6.08 Å². The summed E-state index contributed by atoms with van der Waals surface area (Å²) in [5.74, 6) is 0.434. The van der Waals surface area contributed by atoms with Crippen molar-refractivity contribution in [2.45, 2.75) is 25.7 Å². The highest BCUT2D eigenvalue weighted by Crippen LogP contribution is 2.40. The molecule has 0 spiro atoms. The zero-order valence-electron chi connectivity index (χ0n) is 12.3. The van der Waals surface area contributed by atoms with Gasteiger partial charge in [0, 0.05) is 15.4 Å². The molecule has 1 aliphatic carbocycles. The lowest BCUT2D eigenvalue weighted by molar-refractivity contribution is -0.115. The Morgan fingerprint density at radius 3 is 2.50 bits per heavy atom. The second kappa shape index (κ2) is 6.51. The molecule has 112 valence electrons. The summed E-state index contributed by atoms with van der Waals surface area (Å²) in [5, 5.41) is 0. The number of halogens is 2. The van der Waals surface area contributed by atoms with Crippen molar-refractivity contribution < 1.29 is 4.79 Å². The zero-order chi connectivity index (χ0) is 15.7. The number of ketones is 1. The molecule has 0 bridgehead atoms. The lowest BCUT2D eigenvalue weighted by Crippen LogP contribution is -2.13. The number of rotatable bonds is 2. The molecule has 1 nitrogen and oxygen atoms in total. The third-order valence-electron chi connectivity index (χ3n) is 4.06. The molecule has 2 aromatic carbocycles. The first kappa shape index (κ1) is 15.7. The molecule has 0 aliphatic heterocycles. The van der Waals surface area contributed by atoms with Crippen molar-refractivity contribution in [1.29, 1.82) is 0 Å². The summed E-state index contributed by atoms with van der Waals surface area (Å²) in [5.41, 5.74) is 4.67. The predicted molar refractivity (Wildman–Crippen MR) is 98.0 cm³/mol. The second-order valence-corrected chi connectivity index (χ2v) is 7.45. The van der Waals surface area contributed by atoms with E-state index in [-0.39, 0.29) is 11.7 Å². The Balaban J connectivity index is 1.96. The van der Waals surface area contributed by atoms with Crippen LogP contribution in [0, 0.1) is 6.92 Å². The van der Waals surface area contributed by atoms with E-state index in [9.17, 15) is 4.79 Å². The van der Waals surface area contributed by atoms with E-state index >= 15 is 0 Å². The maximum Gasteiger partial charge on any atom is 0.156 e. The largest absolute Gasteiger partial charge is 0.295 e. The van der Waals surface area contributed by atoms with Gasteiger partial charge in [-0.15, -0.1) is 0 Å². The first-order valence-corrected chi connectivity index (χ1v) is 8.87. The molecule has 0 heterocycles. The molecule has 1 aliphatic rings. The number of hydrogen-bond donors (Lipinski definition) is 0. The van der Waals surface area contributed by atoms with Crippen molar-refractivity contribution in [1.82, 2.24) is 0 Å². The van der Waals surface area contributed by atoms with Crippen LogP contribution in [-0.2, 0) is 4.79 Å². The SMILES string of the molecule is Cc1ccc(C2CC(=O)C=C(c3ccccc3Br)C2)c(Br)c1. The lowest BCUT2D eigenvalue weighted by atomic mass is 9.81. The molecule has 0 saturated heterocycles. The fraction of sp³-hybridized carbons (Fsp3) is 0.211. The number of carbonyl (C=O) groups excluding carboxylic acids is 1. The summed E-state index contributed by atoms with van der Waals surface area (Å²) in [7, 11) is 0. The van der Waals surface area contributed by atoms with Crippen LogP contribution >= 0.6 is 31.9 Å². The summed E-state index contributed by atoms with van der Waals surface area (Å²) in [4.78, 5) is 12.2. The Kier molecular flexibility index (Phi) is 4.65. The van der Waals surface area contributed by atoms with Gasteiger partial charge in [0.25, 0.3) is 0 Å². The Labute approximate surface area is 147 Å². The molecule has 0 fully saturated rings. The summed E-state index contributed by atoms with van der Waals surface area (Å²) < 4.78 is 2.14. The van der Waals surface area contributed by atoms with Gasteiger partial charge in [0.15, 0.2) is 5.78 Å². The van der Waals surface area contributed by atoms with Crippen LogP contribution < -0.4 is 0 Å². The van der Waals surface area contributed by atoms with E-state index in [1.165, 1.54) is 11.1 Å². The summed E-state index contributed by atoms with van der Waals surface area (Å²) >= 11 is 7.24. The molecule has 1 atom stereocenters. The molecule has 0 N–H and O–H groups in total. The van der Waals surface area contributed by atoms with Crippen LogP contribution in [0.25, 0.3) is 5.57 Å². The van der Waals surface area contributed by atoms with E-state index in [4.69, 9.17) is 0 Å². The maximum atomic E-state index is 12.2. The molecule has 0 saturated carbocycles. The molecule has 3 rings (SSSR count). The number of aryl methyl sites for hydroxylation is 1. The minimum atomic E-state index is 0.203. The quantitative estimate of drug-likeness (QED) is 0.578. The molecule has 1 unspecified atom stereocenters. The van der Waals surface area contributed by atoms with Gasteiger partial charge in [-0.3, -0.25) is 4.79 Å². The Morgan fingerprint density at radius 1 is 1.00 bits per heavy atom. The molecule has 0 radical (unpaired) electrons. The fourth-order valence-corrected chi connectivity index (χ4v) is 4.34. The topological polar surface area (TPSA) is 17.1 Å². The Morgan fingerprint density at radius 2 is 1.77 bits per heavy atom. The van der Waals surface area contributed by atoms with Crippen molar-refractivity contribution in [2.75, 3.05) is 0 Å². The van der Waals surface area contributed by atoms with Gasteiger partial charge in [-0.05, 0) is 59.7 Å². The number of carbonyl (C=O) groups is 1. The standard InChI is InChI=1S/C19H16Br2O/c1-12-6-7-17(19(21)8-12)14-9-13(10-15(22)11-14)16-4-2-3-5-18(16)20/h2-8,10,14H,9,11H2,1H3. The van der Waals surface area contributed by atoms with Gasteiger partial charge in [-0.1, -0.05) is 62.2 Å². The normalized spacial score (nSPS) is 18.2. The van der Waals surface area contributed by atoms with Crippen molar-refractivity contribution in [3.05, 3.63) is 74.2 Å². The molecule has 3 heteroatoms. The van der Waals surface area contributed by atoms with Gasteiger partial charge < -0.3 is 0 Å². The van der Waals surface area contributed by atoms with Crippen molar-refractivity contribution in [3.63, 3.8) is 0 Å². The van der Waals surface area contributed by atoms with Crippen molar-refractivity contribution >= 4 is 43.2 Å². The molecule has 2 aromatic rings. The first-order chi connectivity index (χ1) is 10.5. The number of allylic oxidation sites excluding steroid dienone is 2. The third-order valence-corrected chi connectivity index (χ3v) is 5.44. The highest BCUT2D eigenvalue weighted by molar-refractivity contribution is 9.10. The van der Waals surface area contributed by atoms with Crippen LogP contribution in [0.2, 0.25) is 0 Å². The van der Waals surface area contributed by atoms with Gasteiger partial charge >= 0.3 is 0 Å². The first-order valence-electron chi connectivity index (χ1n) is 7.29. The average Bonchev–Trinajstić information content (AvgIpc) is 2.47. The van der Waals surface area contributed by atoms with Crippen LogP contribution in [0.1, 0.15) is 35.4 Å². The van der Waals surface area contributed by atoms with Crippen LogP contribution in [0.3, 0.4) is 0 Å². The van der Waals surface area contributed by atoms with Gasteiger partial charge in [0.05, 0.1) is 0 Å². The van der Waals surface area contributed by atoms with E-state index in [0.717, 1.165) is 26.5 Å². The minimum Gasteiger partial charge on any atom is -0.295 e. The van der Waals surface area contributed by atoms with Crippen LogP contribution in [0.15, 0.2) is 57.5 Å². The van der Waals surface area contributed by atoms with Crippen molar-refractivity contribution in [3.8, 4) is 0 Å². The molecule has 0 aromatic heterocycles. The molecule has 22 heavy (non-hydrogen) atoms. The van der Waals surface area contributed by atoms with Crippen LogP contribution in [0.5, 0.6) is 0 Å². The van der Waals surface area contributed by atoms with Gasteiger partial charge in [-0.25, -0.2) is 0 Å². The zero-order valence-corrected chi connectivity index (χ0v) is 15.4. The van der Waals surface area contributed by atoms with E-state index < -0.39 is 0 Å². The lowest BCUT2D eigenvalue weighted by Gasteiger charge is -2.24. The van der Waals surface area contributed by atoms with Gasteiger partial charge in [0.2, 0.25) is 0 Å². The summed E-state index contributed by atoms with van der Waals surface area (Å²) in [6.07, 6.45) is 3.27. The smallest absolute Gasteiger partial charge is 0.156 e. The molecular formula is C19H16Br2O. The predicted octanol–water partition coefficient (Wildman–Crippen LogP) is 6.05. The Hall–Kier alpha value is -1.19. The fourth-order valence-electron chi connectivity index (χ4n) is 2.99. The van der Waals surface area contributed by atoms with Crippen molar-refractivity contribution in [2.24, 2.45) is 0 Å². The number of benzene rings is 2. The molecule has 0 amide bonds.